The number of hydrogen-bond donors (Lipinski definition) is 1. The molecule has 168 valence electrons. The molecule has 0 amide bonds. The SMILES string of the molecule is O=[N+]([O-])c1cc(S(=O)(=O)N2CCCCCC2)ccc1NCc1ccc(-n2cncn2)cc1. The van der Waals surface area contributed by atoms with Gasteiger partial charge in [0, 0.05) is 25.7 Å². The number of nitro groups is 1. The molecule has 0 saturated carbocycles. The Balaban J connectivity index is 1.51. The average Bonchev–Trinajstić information content (AvgIpc) is 3.19. The Morgan fingerprint density at radius 1 is 1.03 bits per heavy atom. The highest BCUT2D eigenvalue weighted by atomic mass is 32.2. The van der Waals surface area contributed by atoms with Crippen molar-refractivity contribution in [1.29, 1.82) is 0 Å². The average molecular weight is 457 g/mol. The van der Waals surface area contributed by atoms with Crippen LogP contribution in [0.4, 0.5) is 11.4 Å². The molecule has 0 spiro atoms. The summed E-state index contributed by atoms with van der Waals surface area (Å²) in [6, 6.07) is 11.6. The number of nitrogens with zero attached hydrogens (tertiary/aromatic N) is 5. The van der Waals surface area contributed by atoms with Crippen LogP contribution in [-0.4, -0.2) is 45.5 Å². The van der Waals surface area contributed by atoms with Crippen LogP contribution in [0.2, 0.25) is 0 Å². The quantitative estimate of drug-likeness (QED) is 0.427. The molecule has 2 aromatic carbocycles. The van der Waals surface area contributed by atoms with Gasteiger partial charge in [-0.05, 0) is 42.7 Å². The largest absolute Gasteiger partial charge is 0.375 e. The van der Waals surface area contributed by atoms with Crippen molar-refractivity contribution >= 4 is 21.4 Å². The van der Waals surface area contributed by atoms with E-state index in [1.54, 1.807) is 11.0 Å². The summed E-state index contributed by atoms with van der Waals surface area (Å²) >= 11 is 0. The molecule has 2 heterocycles. The Bertz CT molecular complexity index is 1170. The molecule has 10 nitrogen and oxygen atoms in total. The van der Waals surface area contributed by atoms with Gasteiger partial charge < -0.3 is 5.32 Å². The lowest BCUT2D eigenvalue weighted by Gasteiger charge is -2.20. The molecule has 0 atom stereocenters. The van der Waals surface area contributed by atoms with E-state index in [1.165, 1.54) is 22.8 Å². The molecule has 1 fully saturated rings. The van der Waals surface area contributed by atoms with Crippen LogP contribution in [-0.2, 0) is 16.6 Å². The van der Waals surface area contributed by atoms with Crippen LogP contribution in [0.3, 0.4) is 0 Å². The topological polar surface area (TPSA) is 123 Å². The summed E-state index contributed by atoms with van der Waals surface area (Å²) in [5.41, 5.74) is 1.76. The van der Waals surface area contributed by atoms with Crippen LogP contribution in [0.5, 0.6) is 0 Å². The molecule has 1 saturated heterocycles. The zero-order valence-electron chi connectivity index (χ0n) is 17.4. The van der Waals surface area contributed by atoms with E-state index in [9.17, 15) is 18.5 Å². The number of rotatable bonds is 7. The van der Waals surface area contributed by atoms with Gasteiger partial charge in [-0.15, -0.1) is 0 Å². The van der Waals surface area contributed by atoms with E-state index < -0.39 is 14.9 Å². The molecule has 0 radical (unpaired) electrons. The van der Waals surface area contributed by atoms with Crippen LogP contribution >= 0.6 is 0 Å². The molecular weight excluding hydrogens is 432 g/mol. The fraction of sp³-hybridized carbons (Fsp3) is 0.333. The van der Waals surface area contributed by atoms with Crippen LogP contribution < -0.4 is 5.32 Å². The van der Waals surface area contributed by atoms with Crippen molar-refractivity contribution in [2.24, 2.45) is 0 Å². The minimum absolute atomic E-state index is 0.0474. The van der Waals surface area contributed by atoms with Gasteiger partial charge in [0.1, 0.15) is 18.3 Å². The summed E-state index contributed by atoms with van der Waals surface area (Å²) in [4.78, 5) is 15.0. The standard InChI is InChI=1S/C21H24N6O4S/c28-27(29)21-13-19(32(30,31)25-11-3-1-2-4-12-25)9-10-20(21)23-14-17-5-7-18(8-6-17)26-16-22-15-24-26/h5-10,13,15-16,23H,1-4,11-12,14H2. The maximum Gasteiger partial charge on any atom is 0.293 e. The fourth-order valence-corrected chi connectivity index (χ4v) is 5.25. The molecule has 1 aliphatic rings. The number of hydrogen-bond acceptors (Lipinski definition) is 7. The van der Waals surface area contributed by atoms with Crippen molar-refractivity contribution in [1.82, 2.24) is 19.1 Å². The smallest absolute Gasteiger partial charge is 0.293 e. The van der Waals surface area contributed by atoms with Crippen LogP contribution in [0, 0.1) is 10.1 Å². The minimum atomic E-state index is -3.76. The maximum atomic E-state index is 13.0. The highest BCUT2D eigenvalue weighted by molar-refractivity contribution is 7.89. The summed E-state index contributed by atoms with van der Waals surface area (Å²) < 4.78 is 29.1. The maximum absolute atomic E-state index is 13.0. The van der Waals surface area contributed by atoms with E-state index in [2.05, 4.69) is 15.4 Å². The zero-order chi connectivity index (χ0) is 22.6. The van der Waals surface area contributed by atoms with Gasteiger partial charge in [0.05, 0.1) is 15.5 Å². The van der Waals surface area contributed by atoms with Gasteiger partial charge in [0.25, 0.3) is 5.69 Å². The molecule has 32 heavy (non-hydrogen) atoms. The first-order chi connectivity index (χ1) is 15.4. The number of benzene rings is 2. The monoisotopic (exact) mass is 456 g/mol. The van der Waals surface area contributed by atoms with Gasteiger partial charge in [-0.1, -0.05) is 25.0 Å². The third-order valence-electron chi connectivity index (χ3n) is 5.47. The lowest BCUT2D eigenvalue weighted by Crippen LogP contribution is -2.32. The zero-order valence-corrected chi connectivity index (χ0v) is 18.2. The highest BCUT2D eigenvalue weighted by Gasteiger charge is 2.28. The highest BCUT2D eigenvalue weighted by Crippen LogP contribution is 2.30. The van der Waals surface area contributed by atoms with Crippen molar-refractivity contribution in [3.63, 3.8) is 0 Å². The second-order valence-corrected chi connectivity index (χ2v) is 9.55. The summed E-state index contributed by atoms with van der Waals surface area (Å²) in [6.07, 6.45) is 6.64. The van der Waals surface area contributed by atoms with E-state index in [0.717, 1.165) is 43.0 Å². The third kappa shape index (κ3) is 4.78. The molecule has 1 aliphatic heterocycles. The molecule has 1 aromatic heterocycles. The Morgan fingerprint density at radius 2 is 1.75 bits per heavy atom. The van der Waals surface area contributed by atoms with Crippen molar-refractivity contribution in [2.75, 3.05) is 18.4 Å². The van der Waals surface area contributed by atoms with E-state index in [-0.39, 0.29) is 16.3 Å². The van der Waals surface area contributed by atoms with Gasteiger partial charge in [-0.2, -0.15) is 9.40 Å². The molecule has 0 bridgehead atoms. The Labute approximate surface area is 186 Å². The van der Waals surface area contributed by atoms with Crippen molar-refractivity contribution in [2.45, 2.75) is 37.1 Å². The van der Waals surface area contributed by atoms with Crippen LogP contribution in [0.1, 0.15) is 31.2 Å². The molecule has 11 heteroatoms. The lowest BCUT2D eigenvalue weighted by atomic mass is 10.2. The first-order valence-electron chi connectivity index (χ1n) is 10.4. The molecule has 3 aromatic rings. The Morgan fingerprint density at radius 3 is 2.38 bits per heavy atom. The summed E-state index contributed by atoms with van der Waals surface area (Å²) in [7, 11) is -3.76. The minimum Gasteiger partial charge on any atom is -0.375 e. The predicted octanol–water partition coefficient (Wildman–Crippen LogP) is 3.35. The van der Waals surface area contributed by atoms with Gasteiger partial charge >= 0.3 is 0 Å². The summed E-state index contributed by atoms with van der Waals surface area (Å²) in [5.74, 6) is 0. The third-order valence-corrected chi connectivity index (χ3v) is 7.37. The first kappa shape index (κ1) is 21.9. The predicted molar refractivity (Wildman–Crippen MR) is 119 cm³/mol. The molecule has 1 N–H and O–H groups in total. The number of nitro benzene ring substituents is 1. The fourth-order valence-electron chi connectivity index (χ4n) is 3.71. The number of aromatic nitrogens is 3. The number of sulfonamides is 1. The van der Waals surface area contributed by atoms with Gasteiger partial charge in [-0.3, -0.25) is 10.1 Å². The Hall–Kier alpha value is -3.31. The molecule has 0 aliphatic carbocycles. The van der Waals surface area contributed by atoms with Crippen molar-refractivity contribution in [3.8, 4) is 5.69 Å². The van der Waals surface area contributed by atoms with E-state index in [1.807, 2.05) is 24.3 Å². The van der Waals surface area contributed by atoms with Crippen molar-refractivity contribution in [3.05, 3.63) is 70.8 Å². The van der Waals surface area contributed by atoms with E-state index >= 15 is 0 Å². The summed E-state index contributed by atoms with van der Waals surface area (Å²) in [6.45, 7) is 1.23. The van der Waals surface area contributed by atoms with E-state index in [4.69, 9.17) is 0 Å². The van der Waals surface area contributed by atoms with Gasteiger partial charge in [0.15, 0.2) is 0 Å². The van der Waals surface area contributed by atoms with Crippen LogP contribution in [0.25, 0.3) is 5.69 Å². The number of anilines is 1. The first-order valence-corrected chi connectivity index (χ1v) is 11.9. The van der Waals surface area contributed by atoms with Gasteiger partial charge in [-0.25, -0.2) is 18.1 Å². The normalized spacial score (nSPS) is 15.2. The number of nitrogens with one attached hydrogen (secondary N) is 1. The molecule has 0 unspecified atom stereocenters. The lowest BCUT2D eigenvalue weighted by molar-refractivity contribution is -0.384. The second kappa shape index (κ2) is 9.45. The second-order valence-electron chi connectivity index (χ2n) is 7.61. The van der Waals surface area contributed by atoms with Crippen LogP contribution in [0.15, 0.2) is 60.0 Å². The molecular formula is C21H24N6O4S. The molecule has 4 rings (SSSR count). The van der Waals surface area contributed by atoms with Crippen molar-refractivity contribution < 1.29 is 13.3 Å². The van der Waals surface area contributed by atoms with Gasteiger partial charge in [0.2, 0.25) is 10.0 Å². The van der Waals surface area contributed by atoms with E-state index in [0.29, 0.717) is 19.6 Å². The Kier molecular flexibility index (Phi) is 6.47. The summed E-state index contributed by atoms with van der Waals surface area (Å²) in [5, 5.41) is 18.8.